The summed E-state index contributed by atoms with van der Waals surface area (Å²) < 4.78 is 10.8. The van der Waals surface area contributed by atoms with E-state index in [0.717, 1.165) is 37.7 Å². The first-order chi connectivity index (χ1) is 14.0. The number of benzene rings is 2. The second kappa shape index (κ2) is 9.12. The van der Waals surface area contributed by atoms with Crippen LogP contribution in [0.25, 0.3) is 0 Å². The van der Waals surface area contributed by atoms with Gasteiger partial charge in [0.1, 0.15) is 11.3 Å². The van der Waals surface area contributed by atoms with E-state index >= 15 is 0 Å². The molecule has 1 atom stereocenters. The van der Waals surface area contributed by atoms with Crippen molar-refractivity contribution in [2.45, 2.75) is 57.5 Å². The van der Waals surface area contributed by atoms with E-state index in [1.54, 1.807) is 18.2 Å². The molecule has 1 unspecified atom stereocenters. The summed E-state index contributed by atoms with van der Waals surface area (Å²) in [5.41, 5.74) is 1.39. The lowest BCUT2D eigenvalue weighted by molar-refractivity contribution is -0.121. The molecule has 1 amide bonds. The number of hydrogen-bond acceptors (Lipinski definition) is 4. The Balaban J connectivity index is 1.88. The number of nitrogens with one attached hydrogen (secondary N) is 1. The van der Waals surface area contributed by atoms with E-state index in [-0.39, 0.29) is 12.0 Å². The smallest absolute Gasteiger partial charge is 0.341 e. The molecular formula is C24H29NO4. The van der Waals surface area contributed by atoms with Gasteiger partial charge in [0.2, 0.25) is 5.91 Å². The van der Waals surface area contributed by atoms with E-state index < -0.39 is 11.4 Å². The van der Waals surface area contributed by atoms with Crippen LogP contribution in [0.1, 0.15) is 61.9 Å². The van der Waals surface area contributed by atoms with Crippen LogP contribution in [0.2, 0.25) is 0 Å². The van der Waals surface area contributed by atoms with Gasteiger partial charge in [-0.15, -0.1) is 0 Å². The molecule has 0 radical (unpaired) electrons. The third-order valence-electron chi connectivity index (χ3n) is 5.76. The van der Waals surface area contributed by atoms with Crippen LogP contribution in [0.15, 0.2) is 48.5 Å². The Bertz CT molecular complexity index is 856. The summed E-state index contributed by atoms with van der Waals surface area (Å²) in [4.78, 5) is 25.6. The molecular weight excluding hydrogens is 366 g/mol. The topological polar surface area (TPSA) is 64.6 Å². The molecule has 5 heteroatoms. The lowest BCUT2D eigenvalue weighted by atomic mass is 9.78. The maximum absolute atomic E-state index is 13.3. The van der Waals surface area contributed by atoms with Crippen LogP contribution >= 0.6 is 0 Å². The Kier molecular flexibility index (Phi) is 6.57. The summed E-state index contributed by atoms with van der Waals surface area (Å²) in [5.74, 6) is -0.0616. The highest BCUT2D eigenvalue weighted by atomic mass is 16.5. The highest BCUT2D eigenvalue weighted by Crippen LogP contribution is 2.42. The Labute approximate surface area is 172 Å². The van der Waals surface area contributed by atoms with Crippen molar-refractivity contribution in [2.75, 3.05) is 12.4 Å². The third-order valence-corrected chi connectivity index (χ3v) is 5.76. The van der Waals surface area contributed by atoms with Crippen molar-refractivity contribution in [1.29, 1.82) is 0 Å². The fraction of sp³-hybridized carbons (Fsp3) is 0.417. The van der Waals surface area contributed by atoms with Crippen LogP contribution in [-0.4, -0.2) is 25.1 Å². The molecule has 1 N–H and O–H groups in total. The van der Waals surface area contributed by atoms with Crippen LogP contribution in [0.3, 0.4) is 0 Å². The Morgan fingerprint density at radius 3 is 2.41 bits per heavy atom. The van der Waals surface area contributed by atoms with Gasteiger partial charge in [0, 0.05) is 5.69 Å². The average molecular weight is 395 g/mol. The minimum absolute atomic E-state index is 0.0290. The van der Waals surface area contributed by atoms with E-state index in [4.69, 9.17) is 9.47 Å². The summed E-state index contributed by atoms with van der Waals surface area (Å²) in [7, 11) is 1.34. The van der Waals surface area contributed by atoms with Gasteiger partial charge in [-0.3, -0.25) is 4.79 Å². The maximum Gasteiger partial charge on any atom is 0.341 e. The zero-order valence-corrected chi connectivity index (χ0v) is 17.4. The summed E-state index contributed by atoms with van der Waals surface area (Å²) in [5, 5.41) is 3.03. The summed E-state index contributed by atoms with van der Waals surface area (Å²) in [6.45, 7) is 3.96. The molecule has 0 bridgehead atoms. The minimum Gasteiger partial charge on any atom is -0.490 e. The first-order valence-electron chi connectivity index (χ1n) is 10.3. The summed E-state index contributed by atoms with van der Waals surface area (Å²) in [6.07, 6.45) is 4.48. The number of ether oxygens (including phenoxy) is 2. The molecule has 1 saturated carbocycles. The molecule has 0 spiro atoms. The highest BCUT2D eigenvalue weighted by molar-refractivity contribution is 6.01. The van der Waals surface area contributed by atoms with Crippen LogP contribution in [0.5, 0.6) is 5.75 Å². The molecule has 5 nitrogen and oxygen atoms in total. The Morgan fingerprint density at radius 1 is 1.10 bits per heavy atom. The summed E-state index contributed by atoms with van der Waals surface area (Å²) in [6, 6.07) is 15.1. The van der Waals surface area contributed by atoms with E-state index in [9.17, 15) is 9.59 Å². The van der Waals surface area contributed by atoms with Gasteiger partial charge in [-0.05, 0) is 49.9 Å². The van der Waals surface area contributed by atoms with Crippen LogP contribution < -0.4 is 10.1 Å². The number of methoxy groups -OCH3 is 1. The number of hydrogen-bond donors (Lipinski definition) is 1. The third kappa shape index (κ3) is 4.44. The zero-order chi connectivity index (χ0) is 20.9. The zero-order valence-electron chi connectivity index (χ0n) is 17.4. The van der Waals surface area contributed by atoms with E-state index in [0.29, 0.717) is 17.0 Å². The van der Waals surface area contributed by atoms with Crippen molar-refractivity contribution < 1.29 is 19.1 Å². The van der Waals surface area contributed by atoms with Gasteiger partial charge >= 0.3 is 5.97 Å². The lowest BCUT2D eigenvalue weighted by Gasteiger charge is -2.28. The van der Waals surface area contributed by atoms with Gasteiger partial charge in [0.25, 0.3) is 0 Å². The molecule has 0 aliphatic heterocycles. The quantitative estimate of drug-likeness (QED) is 0.663. The molecule has 1 fully saturated rings. The number of amides is 1. The van der Waals surface area contributed by atoms with Gasteiger partial charge < -0.3 is 14.8 Å². The largest absolute Gasteiger partial charge is 0.490 e. The molecule has 29 heavy (non-hydrogen) atoms. The van der Waals surface area contributed by atoms with Crippen molar-refractivity contribution in [3.63, 3.8) is 0 Å². The molecule has 0 saturated heterocycles. The number of carbonyl (C=O) groups excluding carboxylic acids is 2. The first kappa shape index (κ1) is 20.9. The van der Waals surface area contributed by atoms with Crippen molar-refractivity contribution in [1.82, 2.24) is 0 Å². The predicted octanol–water partition coefficient (Wildman–Crippen LogP) is 5.10. The molecule has 1 aliphatic rings. The van der Waals surface area contributed by atoms with Crippen LogP contribution in [0.4, 0.5) is 5.69 Å². The molecule has 154 valence electrons. The molecule has 2 aromatic rings. The molecule has 0 aromatic heterocycles. The fourth-order valence-corrected chi connectivity index (χ4v) is 3.91. The minimum atomic E-state index is -0.529. The molecule has 3 rings (SSSR count). The van der Waals surface area contributed by atoms with Crippen molar-refractivity contribution in [2.24, 2.45) is 0 Å². The second-order valence-electron chi connectivity index (χ2n) is 7.65. The number of carbonyl (C=O) groups is 2. The average Bonchev–Trinajstić information content (AvgIpc) is 3.26. The fourth-order valence-electron chi connectivity index (χ4n) is 3.91. The SMILES string of the molecule is CCC(C)Oc1ccc(NC(=O)C2(c3ccccc3)CCCC2)cc1C(=O)OC. The summed E-state index contributed by atoms with van der Waals surface area (Å²) >= 11 is 0. The molecule has 2 aromatic carbocycles. The standard InChI is InChI=1S/C24H29NO4/c1-4-17(2)29-21-13-12-19(16-20(21)22(26)28-3)25-23(27)24(14-8-9-15-24)18-10-6-5-7-11-18/h5-7,10-13,16-17H,4,8-9,14-15H2,1-3H3,(H,25,27). The first-order valence-corrected chi connectivity index (χ1v) is 10.3. The van der Waals surface area contributed by atoms with Crippen molar-refractivity contribution in [3.05, 3.63) is 59.7 Å². The number of anilines is 1. The Hall–Kier alpha value is -2.82. The Morgan fingerprint density at radius 2 is 1.79 bits per heavy atom. The van der Waals surface area contributed by atoms with Gasteiger partial charge in [0.05, 0.1) is 18.6 Å². The maximum atomic E-state index is 13.3. The van der Waals surface area contributed by atoms with Gasteiger partial charge in [-0.2, -0.15) is 0 Å². The van der Waals surface area contributed by atoms with E-state index in [1.165, 1.54) is 7.11 Å². The van der Waals surface area contributed by atoms with E-state index in [1.807, 2.05) is 44.2 Å². The lowest BCUT2D eigenvalue weighted by Crippen LogP contribution is -2.38. The molecule has 0 heterocycles. The second-order valence-corrected chi connectivity index (χ2v) is 7.65. The monoisotopic (exact) mass is 395 g/mol. The van der Waals surface area contributed by atoms with Crippen LogP contribution in [-0.2, 0) is 14.9 Å². The number of rotatable bonds is 7. The van der Waals surface area contributed by atoms with Gasteiger partial charge in [-0.25, -0.2) is 4.79 Å². The molecule has 1 aliphatic carbocycles. The van der Waals surface area contributed by atoms with Gasteiger partial charge in [-0.1, -0.05) is 50.1 Å². The normalized spacial score (nSPS) is 16.1. The van der Waals surface area contributed by atoms with E-state index in [2.05, 4.69) is 5.32 Å². The van der Waals surface area contributed by atoms with Crippen LogP contribution in [0, 0.1) is 0 Å². The number of esters is 1. The predicted molar refractivity (Wildman–Crippen MR) is 113 cm³/mol. The van der Waals surface area contributed by atoms with Crippen molar-refractivity contribution >= 4 is 17.6 Å². The highest BCUT2D eigenvalue weighted by Gasteiger charge is 2.42. The van der Waals surface area contributed by atoms with Gasteiger partial charge in [0.15, 0.2) is 0 Å². The van der Waals surface area contributed by atoms with Crippen molar-refractivity contribution in [3.8, 4) is 5.75 Å².